The van der Waals surface area contributed by atoms with Gasteiger partial charge in [0.05, 0.1) is 20.9 Å². The molecule has 0 amide bonds. The molecule has 0 aliphatic carbocycles. The zero-order valence-corrected chi connectivity index (χ0v) is 15.4. The molecule has 0 radical (unpaired) electrons. The van der Waals surface area contributed by atoms with Crippen molar-refractivity contribution in [3.63, 3.8) is 0 Å². The molecular weight excluding hydrogens is 366 g/mol. The van der Waals surface area contributed by atoms with E-state index in [1.165, 1.54) is 24.3 Å². The van der Waals surface area contributed by atoms with Crippen LogP contribution in [0.5, 0.6) is 11.5 Å². The molecule has 0 fully saturated rings. The summed E-state index contributed by atoms with van der Waals surface area (Å²) < 4.78 is 1.84. The quantitative estimate of drug-likeness (QED) is 0.318. The van der Waals surface area contributed by atoms with Crippen molar-refractivity contribution in [1.29, 1.82) is 0 Å². The van der Waals surface area contributed by atoms with E-state index in [0.29, 0.717) is 28.4 Å². The summed E-state index contributed by atoms with van der Waals surface area (Å²) in [4.78, 5) is 21.0. The van der Waals surface area contributed by atoms with Crippen LogP contribution in [0, 0.1) is 20.2 Å². The number of phenolic OH excluding ortho intramolecular Hbond substituents is 2. The van der Waals surface area contributed by atoms with Gasteiger partial charge in [-0.05, 0) is 6.42 Å². The van der Waals surface area contributed by atoms with Gasteiger partial charge in [0.1, 0.15) is 0 Å². The predicted octanol–water partition coefficient (Wildman–Crippen LogP) is 4.99. The van der Waals surface area contributed by atoms with Gasteiger partial charge in [0.15, 0.2) is 11.5 Å². The summed E-state index contributed by atoms with van der Waals surface area (Å²) in [6.45, 7) is 2.69. The van der Waals surface area contributed by atoms with Crippen molar-refractivity contribution < 1.29 is 20.1 Å². The van der Waals surface area contributed by atoms with Crippen molar-refractivity contribution in [3.05, 3.63) is 44.5 Å². The lowest BCUT2D eigenvalue weighted by molar-refractivity contribution is -0.385. The van der Waals surface area contributed by atoms with Crippen molar-refractivity contribution in [2.75, 3.05) is 0 Å². The number of unbranched alkanes of at least 4 members (excludes halogenated alkanes) is 4. The Balaban J connectivity index is 2.20. The molecule has 0 saturated heterocycles. The molecule has 0 atom stereocenters. The van der Waals surface area contributed by atoms with E-state index in [0.717, 1.165) is 32.1 Å². The molecule has 3 rings (SSSR count). The van der Waals surface area contributed by atoms with Gasteiger partial charge < -0.3 is 14.8 Å². The third-order valence-electron chi connectivity index (χ3n) is 4.94. The molecule has 1 aromatic heterocycles. The SMILES string of the molecule is CCCCCCCn1c2cc(O)c([N+](=O)[O-])cc2c2cc([N+](=O)[O-])c(O)cc21. The van der Waals surface area contributed by atoms with E-state index in [9.17, 15) is 30.4 Å². The van der Waals surface area contributed by atoms with Crippen LogP contribution in [0.4, 0.5) is 11.4 Å². The van der Waals surface area contributed by atoms with E-state index in [1.54, 1.807) is 0 Å². The predicted molar refractivity (Wildman–Crippen MR) is 105 cm³/mol. The molecule has 0 unspecified atom stereocenters. The summed E-state index contributed by atoms with van der Waals surface area (Å²) in [7, 11) is 0. The molecule has 3 aromatic rings. The lowest BCUT2D eigenvalue weighted by Crippen LogP contribution is -1.98. The second kappa shape index (κ2) is 7.71. The number of nitro benzene ring substituents is 2. The zero-order chi connectivity index (χ0) is 20.4. The highest BCUT2D eigenvalue weighted by molar-refractivity contribution is 6.10. The summed E-state index contributed by atoms with van der Waals surface area (Å²) in [5.41, 5.74) is 0.137. The van der Waals surface area contributed by atoms with Gasteiger partial charge >= 0.3 is 11.4 Å². The van der Waals surface area contributed by atoms with Crippen LogP contribution in [0.15, 0.2) is 24.3 Å². The molecule has 148 valence electrons. The van der Waals surface area contributed by atoms with E-state index in [4.69, 9.17) is 0 Å². The Bertz CT molecular complexity index is 996. The minimum atomic E-state index is -0.697. The van der Waals surface area contributed by atoms with Gasteiger partial charge in [0, 0.05) is 41.6 Å². The van der Waals surface area contributed by atoms with Gasteiger partial charge in [-0.2, -0.15) is 0 Å². The number of hydrogen-bond acceptors (Lipinski definition) is 6. The van der Waals surface area contributed by atoms with E-state index < -0.39 is 32.7 Å². The van der Waals surface area contributed by atoms with Crippen LogP contribution in [-0.4, -0.2) is 24.6 Å². The maximum Gasteiger partial charge on any atom is 0.311 e. The summed E-state index contributed by atoms with van der Waals surface area (Å²) in [6.07, 6.45) is 5.17. The van der Waals surface area contributed by atoms with Gasteiger partial charge in [-0.15, -0.1) is 0 Å². The molecule has 0 aliphatic heterocycles. The Hall–Kier alpha value is -3.36. The average Bonchev–Trinajstić information content (AvgIpc) is 2.91. The molecule has 2 N–H and O–H groups in total. The van der Waals surface area contributed by atoms with Crippen molar-refractivity contribution in [1.82, 2.24) is 4.57 Å². The lowest BCUT2D eigenvalue weighted by Gasteiger charge is -2.08. The minimum absolute atomic E-state index is 0.427. The van der Waals surface area contributed by atoms with E-state index >= 15 is 0 Å². The average molecular weight is 387 g/mol. The number of nitro groups is 2. The fraction of sp³-hybridized carbons (Fsp3) is 0.368. The number of hydrogen-bond donors (Lipinski definition) is 2. The minimum Gasteiger partial charge on any atom is -0.502 e. The molecule has 0 spiro atoms. The van der Waals surface area contributed by atoms with Crippen LogP contribution < -0.4 is 0 Å². The number of rotatable bonds is 8. The molecule has 0 aliphatic rings. The lowest BCUT2D eigenvalue weighted by atomic mass is 10.1. The van der Waals surface area contributed by atoms with Crippen molar-refractivity contribution in [2.45, 2.75) is 45.6 Å². The first kappa shape index (κ1) is 19.4. The normalized spacial score (nSPS) is 11.3. The maximum absolute atomic E-state index is 11.2. The number of fused-ring (bicyclic) bond motifs is 3. The maximum atomic E-state index is 11.2. The Morgan fingerprint density at radius 2 is 1.29 bits per heavy atom. The van der Waals surface area contributed by atoms with Crippen LogP contribution >= 0.6 is 0 Å². The summed E-state index contributed by atoms with van der Waals surface area (Å²) in [5.74, 6) is -0.933. The molecule has 1 heterocycles. The standard InChI is InChI=1S/C19H21N3O6/c1-2-3-4-5-6-7-20-14-10-18(23)16(21(25)26)8-12(14)13-9-17(22(27)28)19(24)11-15(13)20/h8-11,23-24H,2-7H2,1H3. The molecule has 9 nitrogen and oxygen atoms in total. The number of nitrogens with zero attached hydrogens (tertiary/aromatic N) is 3. The first-order valence-electron chi connectivity index (χ1n) is 9.15. The van der Waals surface area contributed by atoms with Crippen LogP contribution in [0.2, 0.25) is 0 Å². The van der Waals surface area contributed by atoms with E-state index in [1.807, 2.05) is 4.57 Å². The first-order valence-corrected chi connectivity index (χ1v) is 9.15. The second-order valence-electron chi connectivity index (χ2n) is 6.80. The molecule has 2 aromatic carbocycles. The summed E-state index contributed by atoms with van der Waals surface area (Å²) >= 11 is 0. The number of phenols is 2. The van der Waals surface area contributed by atoms with Crippen molar-refractivity contribution >= 4 is 33.2 Å². The van der Waals surface area contributed by atoms with Gasteiger partial charge in [-0.3, -0.25) is 20.2 Å². The second-order valence-corrected chi connectivity index (χ2v) is 6.80. The summed E-state index contributed by atoms with van der Waals surface area (Å²) in [6, 6.07) is 5.06. The monoisotopic (exact) mass is 387 g/mol. The van der Waals surface area contributed by atoms with Gasteiger partial charge in [0.2, 0.25) is 0 Å². The Kier molecular flexibility index (Phi) is 5.34. The third-order valence-corrected chi connectivity index (χ3v) is 4.94. The van der Waals surface area contributed by atoms with E-state index in [-0.39, 0.29) is 0 Å². The fourth-order valence-corrected chi connectivity index (χ4v) is 3.55. The molecule has 9 heteroatoms. The highest BCUT2D eigenvalue weighted by Crippen LogP contribution is 2.41. The van der Waals surface area contributed by atoms with Crippen molar-refractivity contribution in [3.8, 4) is 11.5 Å². The largest absolute Gasteiger partial charge is 0.502 e. The molecular formula is C19H21N3O6. The Morgan fingerprint density at radius 3 is 1.71 bits per heavy atom. The summed E-state index contributed by atoms with van der Waals surface area (Å²) in [5, 5.41) is 43.4. The number of aromatic hydroxyl groups is 2. The van der Waals surface area contributed by atoms with Crippen molar-refractivity contribution in [2.24, 2.45) is 0 Å². The number of aryl methyl sites for hydroxylation is 1. The molecule has 0 bridgehead atoms. The highest BCUT2D eigenvalue weighted by Gasteiger charge is 2.23. The first-order chi connectivity index (χ1) is 13.3. The fourth-order valence-electron chi connectivity index (χ4n) is 3.55. The van der Waals surface area contributed by atoms with Gasteiger partial charge in [-0.25, -0.2) is 0 Å². The molecule has 0 saturated carbocycles. The molecule has 28 heavy (non-hydrogen) atoms. The smallest absolute Gasteiger partial charge is 0.311 e. The topological polar surface area (TPSA) is 132 Å². The van der Waals surface area contributed by atoms with Crippen LogP contribution in [0.1, 0.15) is 39.0 Å². The van der Waals surface area contributed by atoms with Gasteiger partial charge in [0.25, 0.3) is 0 Å². The highest BCUT2D eigenvalue weighted by atomic mass is 16.6. The van der Waals surface area contributed by atoms with Crippen LogP contribution in [0.25, 0.3) is 21.8 Å². The van der Waals surface area contributed by atoms with Crippen LogP contribution in [-0.2, 0) is 6.54 Å². The third kappa shape index (κ3) is 3.42. The van der Waals surface area contributed by atoms with Crippen LogP contribution in [0.3, 0.4) is 0 Å². The van der Waals surface area contributed by atoms with E-state index in [2.05, 4.69) is 6.92 Å². The van der Waals surface area contributed by atoms with Gasteiger partial charge in [-0.1, -0.05) is 32.6 Å². The zero-order valence-electron chi connectivity index (χ0n) is 15.4. The Morgan fingerprint density at radius 1 is 0.821 bits per heavy atom. The number of aromatic nitrogens is 1. The Labute approximate surface area is 160 Å². The number of benzene rings is 2.